The van der Waals surface area contributed by atoms with Gasteiger partial charge in [-0.15, -0.1) is 11.3 Å². The molecule has 2 aromatic heterocycles. The van der Waals surface area contributed by atoms with Crippen LogP contribution in [0.1, 0.15) is 13.8 Å². The van der Waals surface area contributed by atoms with Crippen LogP contribution in [0, 0.1) is 0 Å². The normalized spacial score (nSPS) is 13.3. The molecule has 19 heavy (non-hydrogen) atoms. The minimum absolute atomic E-state index is 0.0347. The molecule has 0 aliphatic rings. The maximum Gasteiger partial charge on any atom is 0.260 e. The van der Waals surface area contributed by atoms with Gasteiger partial charge in [-0.2, -0.15) is 0 Å². The summed E-state index contributed by atoms with van der Waals surface area (Å²) in [6, 6.07) is 0. The van der Waals surface area contributed by atoms with Crippen LogP contribution in [0.2, 0.25) is 5.15 Å². The molecule has 0 aromatic carbocycles. The third-order valence-corrected chi connectivity index (χ3v) is 5.20. The fraction of sp³-hybridized carbons (Fsp3) is 0.500. The third-order valence-electron chi connectivity index (χ3n) is 2.35. The Morgan fingerprint density at radius 3 is 2.89 bits per heavy atom. The Balaban J connectivity index is 2.45. The molecule has 0 amide bonds. The molecule has 106 valence electrons. The van der Waals surface area contributed by atoms with Gasteiger partial charge >= 0.3 is 0 Å². The first-order valence-corrected chi connectivity index (χ1v) is 8.15. The number of nitrogens with one attached hydrogen (secondary N) is 1. The molecule has 0 spiro atoms. The highest BCUT2D eigenvalue weighted by molar-refractivity contribution is 7.89. The van der Waals surface area contributed by atoms with E-state index in [-0.39, 0.29) is 16.8 Å². The van der Waals surface area contributed by atoms with Gasteiger partial charge in [0.1, 0.15) is 0 Å². The third kappa shape index (κ3) is 2.92. The SMILES string of the molecule is COCC(C)(C)NS(=O)(=O)c1c(Cl)nc2sccn12. The second kappa shape index (κ2) is 5.02. The van der Waals surface area contributed by atoms with Crippen LogP contribution in [0.3, 0.4) is 0 Å². The van der Waals surface area contributed by atoms with Crippen LogP contribution >= 0.6 is 22.9 Å². The first-order valence-electron chi connectivity index (χ1n) is 5.41. The number of aromatic nitrogens is 2. The summed E-state index contributed by atoms with van der Waals surface area (Å²) < 4.78 is 33.8. The first kappa shape index (κ1) is 14.7. The zero-order valence-corrected chi connectivity index (χ0v) is 13.1. The molecular formula is C10H14ClN3O3S2. The highest BCUT2D eigenvalue weighted by atomic mass is 35.5. The molecule has 0 radical (unpaired) electrons. The second-order valence-corrected chi connectivity index (χ2v) is 7.51. The molecule has 1 N–H and O–H groups in total. The van der Waals surface area contributed by atoms with Gasteiger partial charge in [0, 0.05) is 18.7 Å². The van der Waals surface area contributed by atoms with Crippen LogP contribution in [0.4, 0.5) is 0 Å². The average Bonchev–Trinajstić information content (AvgIpc) is 2.73. The van der Waals surface area contributed by atoms with E-state index in [1.54, 1.807) is 25.4 Å². The highest BCUT2D eigenvalue weighted by Crippen LogP contribution is 2.26. The summed E-state index contributed by atoms with van der Waals surface area (Å²) in [5.41, 5.74) is -0.739. The molecule has 0 saturated heterocycles. The molecule has 2 rings (SSSR count). The molecule has 6 nitrogen and oxygen atoms in total. The van der Waals surface area contributed by atoms with Crippen LogP contribution in [-0.2, 0) is 14.8 Å². The van der Waals surface area contributed by atoms with Gasteiger partial charge in [0.15, 0.2) is 15.1 Å². The van der Waals surface area contributed by atoms with Crippen molar-refractivity contribution in [2.75, 3.05) is 13.7 Å². The average molecular weight is 324 g/mol. The van der Waals surface area contributed by atoms with Crippen LogP contribution in [0.5, 0.6) is 0 Å². The summed E-state index contributed by atoms with van der Waals surface area (Å²) in [6.45, 7) is 3.71. The maximum atomic E-state index is 12.4. The molecule has 9 heteroatoms. The minimum atomic E-state index is -3.78. The summed E-state index contributed by atoms with van der Waals surface area (Å²) >= 11 is 7.24. The second-order valence-electron chi connectivity index (χ2n) is 4.69. The van der Waals surface area contributed by atoms with Gasteiger partial charge in [-0.3, -0.25) is 4.40 Å². The lowest BCUT2D eigenvalue weighted by Crippen LogP contribution is -2.46. The minimum Gasteiger partial charge on any atom is -0.383 e. The lowest BCUT2D eigenvalue weighted by molar-refractivity contribution is 0.141. The van der Waals surface area contributed by atoms with Crippen molar-refractivity contribution in [1.82, 2.24) is 14.1 Å². The number of ether oxygens (including phenoxy) is 1. The van der Waals surface area contributed by atoms with E-state index in [9.17, 15) is 8.42 Å². The number of hydrogen-bond acceptors (Lipinski definition) is 5. The molecule has 0 aliphatic carbocycles. The molecule has 2 aromatic rings. The topological polar surface area (TPSA) is 72.7 Å². The van der Waals surface area contributed by atoms with E-state index < -0.39 is 15.6 Å². The zero-order chi connectivity index (χ0) is 14.3. The number of halogens is 1. The van der Waals surface area contributed by atoms with Crippen LogP contribution in [0.25, 0.3) is 4.96 Å². The molecule has 0 aliphatic heterocycles. The summed E-state index contributed by atoms with van der Waals surface area (Å²) in [5, 5.41) is 1.67. The number of methoxy groups -OCH3 is 1. The Labute approximate surface area is 120 Å². The Kier molecular flexibility index (Phi) is 3.90. The lowest BCUT2D eigenvalue weighted by Gasteiger charge is -2.24. The fourth-order valence-electron chi connectivity index (χ4n) is 1.78. The van der Waals surface area contributed by atoms with Crippen LogP contribution in [0.15, 0.2) is 16.6 Å². The van der Waals surface area contributed by atoms with Gasteiger partial charge in [0.2, 0.25) is 0 Å². The molecule has 0 bridgehead atoms. The molecule has 0 saturated carbocycles. The van der Waals surface area contributed by atoms with Crippen molar-refractivity contribution in [2.45, 2.75) is 24.4 Å². The van der Waals surface area contributed by atoms with Crippen molar-refractivity contribution in [3.63, 3.8) is 0 Å². The number of hydrogen-bond donors (Lipinski definition) is 1. The van der Waals surface area contributed by atoms with Crippen molar-refractivity contribution >= 4 is 37.9 Å². The zero-order valence-electron chi connectivity index (χ0n) is 10.7. The fourth-order valence-corrected chi connectivity index (χ4v) is 4.64. The monoisotopic (exact) mass is 323 g/mol. The first-order chi connectivity index (χ1) is 8.77. The Hall–Kier alpha value is -0.670. The van der Waals surface area contributed by atoms with Gasteiger partial charge in [-0.25, -0.2) is 18.1 Å². The lowest BCUT2D eigenvalue weighted by atomic mass is 10.1. The Morgan fingerprint density at radius 2 is 2.26 bits per heavy atom. The van der Waals surface area contributed by atoms with E-state index in [1.165, 1.54) is 22.8 Å². The number of fused-ring (bicyclic) bond motifs is 1. The van der Waals surface area contributed by atoms with Gasteiger partial charge in [0.05, 0.1) is 12.1 Å². The largest absolute Gasteiger partial charge is 0.383 e. The van der Waals surface area contributed by atoms with Crippen molar-refractivity contribution in [1.29, 1.82) is 0 Å². The number of nitrogens with zero attached hydrogens (tertiary/aromatic N) is 2. The number of thiazole rings is 1. The van der Waals surface area contributed by atoms with Gasteiger partial charge < -0.3 is 4.74 Å². The predicted molar refractivity (Wildman–Crippen MR) is 74.4 cm³/mol. The molecular weight excluding hydrogens is 310 g/mol. The number of rotatable bonds is 5. The van der Waals surface area contributed by atoms with E-state index in [1.807, 2.05) is 0 Å². The standard InChI is InChI=1S/C10H14ClN3O3S2/c1-10(2,6-17-3)13-19(15,16)8-7(11)12-9-14(8)4-5-18-9/h4-5,13H,6H2,1-3H3. The Bertz CT molecular complexity index is 690. The Morgan fingerprint density at radius 1 is 1.58 bits per heavy atom. The van der Waals surface area contributed by atoms with Crippen molar-refractivity contribution in [3.05, 3.63) is 16.7 Å². The quantitative estimate of drug-likeness (QED) is 0.910. The summed E-state index contributed by atoms with van der Waals surface area (Å²) in [6.07, 6.45) is 1.62. The van der Waals surface area contributed by atoms with Crippen LogP contribution in [-0.4, -0.2) is 37.1 Å². The van der Waals surface area contributed by atoms with E-state index >= 15 is 0 Å². The summed E-state index contributed by atoms with van der Waals surface area (Å²) in [4.78, 5) is 4.55. The molecule has 2 heterocycles. The number of imidazole rings is 1. The van der Waals surface area contributed by atoms with Gasteiger partial charge in [-0.05, 0) is 13.8 Å². The smallest absolute Gasteiger partial charge is 0.260 e. The van der Waals surface area contributed by atoms with Gasteiger partial charge in [0.25, 0.3) is 10.0 Å². The summed E-state index contributed by atoms with van der Waals surface area (Å²) in [7, 11) is -2.27. The molecule has 0 fully saturated rings. The molecule has 0 unspecified atom stereocenters. The molecule has 0 atom stereocenters. The maximum absolute atomic E-state index is 12.4. The number of sulfonamides is 1. The van der Waals surface area contributed by atoms with E-state index in [0.717, 1.165) is 0 Å². The van der Waals surface area contributed by atoms with Crippen molar-refractivity contribution < 1.29 is 13.2 Å². The predicted octanol–water partition coefficient (Wildman–Crippen LogP) is 1.75. The van der Waals surface area contributed by atoms with E-state index in [4.69, 9.17) is 16.3 Å². The highest BCUT2D eigenvalue weighted by Gasteiger charge is 2.31. The van der Waals surface area contributed by atoms with Crippen molar-refractivity contribution in [3.8, 4) is 0 Å². The summed E-state index contributed by atoms with van der Waals surface area (Å²) in [5.74, 6) is 0. The van der Waals surface area contributed by atoms with E-state index in [0.29, 0.717) is 4.96 Å². The van der Waals surface area contributed by atoms with Gasteiger partial charge in [-0.1, -0.05) is 11.6 Å². The van der Waals surface area contributed by atoms with E-state index in [2.05, 4.69) is 9.71 Å². The van der Waals surface area contributed by atoms with Crippen LogP contribution < -0.4 is 4.72 Å². The van der Waals surface area contributed by atoms with Crippen molar-refractivity contribution in [2.24, 2.45) is 0 Å².